The Kier molecular flexibility index (Phi) is 8.28. The van der Waals surface area contributed by atoms with Gasteiger partial charge in [0.2, 0.25) is 5.91 Å². The number of ether oxygens (including phenoxy) is 2. The number of benzene rings is 1. The largest absolute Gasteiger partial charge is 0.489 e. The molecule has 0 saturated heterocycles. The lowest BCUT2D eigenvalue weighted by molar-refractivity contribution is -0.146. The Bertz CT molecular complexity index is 777. The van der Waals surface area contributed by atoms with E-state index in [0.29, 0.717) is 23.8 Å². The molecule has 170 valence electrons. The lowest BCUT2D eigenvalue weighted by atomic mass is 9.85. The molecule has 1 unspecified atom stereocenters. The van der Waals surface area contributed by atoms with Crippen molar-refractivity contribution >= 4 is 23.5 Å². The van der Waals surface area contributed by atoms with E-state index in [4.69, 9.17) is 9.47 Å². The van der Waals surface area contributed by atoms with E-state index in [1.54, 1.807) is 31.2 Å². The van der Waals surface area contributed by atoms with Gasteiger partial charge in [-0.05, 0) is 37.8 Å². The number of rotatable bonds is 9. The molecule has 2 aliphatic rings. The smallest absolute Gasteiger partial charge is 0.323 e. The normalized spacial score (nSPS) is 20.4. The number of amides is 1. The molecular weight excluding hydrogens is 400 g/mol. The average molecular weight is 433 g/mol. The van der Waals surface area contributed by atoms with Crippen molar-refractivity contribution in [2.45, 2.75) is 64.0 Å². The molecule has 1 heterocycles. The average Bonchev–Trinajstić information content (AvgIpc) is 2.89. The molecule has 1 aliphatic carbocycles. The second kappa shape index (κ2) is 11.1. The number of carboxylic acids is 1. The zero-order valence-electron chi connectivity index (χ0n) is 18.0. The van der Waals surface area contributed by atoms with Crippen molar-refractivity contribution in [3.05, 3.63) is 24.3 Å². The van der Waals surface area contributed by atoms with Gasteiger partial charge in [-0.15, -0.1) is 0 Å². The summed E-state index contributed by atoms with van der Waals surface area (Å²) in [4.78, 5) is 38.5. The Hall–Kier alpha value is -2.61. The minimum Gasteiger partial charge on any atom is -0.489 e. The third-order valence-corrected chi connectivity index (χ3v) is 5.98. The molecule has 2 N–H and O–H groups in total. The fraction of sp³-hybridized carbons (Fsp3) is 0.609. The molecule has 0 radical (unpaired) electrons. The minimum atomic E-state index is -1.12. The van der Waals surface area contributed by atoms with Gasteiger partial charge in [-0.1, -0.05) is 44.2 Å². The van der Waals surface area contributed by atoms with Gasteiger partial charge in [0.25, 0.3) is 0 Å². The highest BCUT2D eigenvalue weighted by atomic mass is 16.5. The Balaban J connectivity index is 1.74. The van der Waals surface area contributed by atoms with E-state index in [1.807, 2.05) is 0 Å². The fourth-order valence-electron chi connectivity index (χ4n) is 4.40. The fourth-order valence-corrected chi connectivity index (χ4v) is 4.40. The maximum Gasteiger partial charge on any atom is 0.323 e. The van der Waals surface area contributed by atoms with Crippen LogP contribution in [0.2, 0.25) is 0 Å². The molecule has 0 aromatic heterocycles. The zero-order valence-corrected chi connectivity index (χ0v) is 18.0. The van der Waals surface area contributed by atoms with Crippen LogP contribution in [0.25, 0.3) is 0 Å². The number of nitrogens with zero attached hydrogens (tertiary/aromatic N) is 1. The molecule has 0 spiro atoms. The second-order valence-corrected chi connectivity index (χ2v) is 8.20. The van der Waals surface area contributed by atoms with Crippen LogP contribution in [0.4, 0.5) is 5.69 Å². The summed E-state index contributed by atoms with van der Waals surface area (Å²) in [5.74, 6) is -0.919. The van der Waals surface area contributed by atoms with E-state index >= 15 is 0 Å². The molecule has 1 saturated carbocycles. The predicted octanol–water partition coefficient (Wildman–Crippen LogP) is 2.75. The molecule has 2 atom stereocenters. The summed E-state index contributed by atoms with van der Waals surface area (Å²) in [6.45, 7) is 1.53. The molecule has 1 amide bonds. The molecule has 1 aliphatic heterocycles. The first-order valence-corrected chi connectivity index (χ1v) is 11.2. The highest BCUT2D eigenvalue weighted by molar-refractivity contribution is 6.02. The maximum absolute atomic E-state index is 13.2. The van der Waals surface area contributed by atoms with Crippen LogP contribution >= 0.6 is 0 Å². The van der Waals surface area contributed by atoms with Gasteiger partial charge in [0, 0.05) is 0 Å². The van der Waals surface area contributed by atoms with Crippen molar-refractivity contribution in [1.29, 1.82) is 0 Å². The third kappa shape index (κ3) is 6.19. The van der Waals surface area contributed by atoms with Crippen molar-refractivity contribution in [2.24, 2.45) is 5.92 Å². The topological polar surface area (TPSA) is 105 Å². The first-order valence-electron chi connectivity index (χ1n) is 11.2. The highest BCUT2D eigenvalue weighted by Gasteiger charge is 2.35. The quantitative estimate of drug-likeness (QED) is 0.578. The van der Waals surface area contributed by atoms with Gasteiger partial charge >= 0.3 is 11.9 Å². The SMILES string of the molecule is CCOC(=O)[C@H](CCC1CCCCC1)NC1COc2ccccc2N(CC(=O)O)C1=O. The van der Waals surface area contributed by atoms with Crippen LogP contribution < -0.4 is 15.0 Å². The molecule has 3 rings (SSSR count). The van der Waals surface area contributed by atoms with E-state index in [1.165, 1.54) is 37.0 Å². The second-order valence-electron chi connectivity index (χ2n) is 8.20. The van der Waals surface area contributed by atoms with Gasteiger partial charge in [0.15, 0.2) is 0 Å². The van der Waals surface area contributed by atoms with Crippen molar-refractivity contribution in [1.82, 2.24) is 5.32 Å². The zero-order chi connectivity index (χ0) is 22.2. The summed E-state index contributed by atoms with van der Waals surface area (Å²) >= 11 is 0. The van der Waals surface area contributed by atoms with Crippen LogP contribution in [0.15, 0.2) is 24.3 Å². The van der Waals surface area contributed by atoms with E-state index in [9.17, 15) is 19.5 Å². The number of nitrogens with one attached hydrogen (secondary N) is 1. The maximum atomic E-state index is 13.2. The van der Waals surface area contributed by atoms with Gasteiger partial charge in [-0.2, -0.15) is 0 Å². The first kappa shape index (κ1) is 23.1. The van der Waals surface area contributed by atoms with Gasteiger partial charge in [0.05, 0.1) is 12.3 Å². The molecule has 31 heavy (non-hydrogen) atoms. The summed E-state index contributed by atoms with van der Waals surface area (Å²) in [5, 5.41) is 12.5. The molecule has 8 heteroatoms. The van der Waals surface area contributed by atoms with Gasteiger partial charge in [-0.25, -0.2) is 0 Å². The van der Waals surface area contributed by atoms with Crippen molar-refractivity contribution in [3.63, 3.8) is 0 Å². The number of esters is 1. The number of anilines is 1. The standard InChI is InChI=1S/C23H32N2O6/c1-2-30-23(29)17(13-12-16-8-4-3-5-9-16)24-18-15-31-20-11-7-6-10-19(20)25(22(18)28)14-21(26)27/h6-7,10-11,16-18,24H,2-5,8-9,12-15H2,1H3,(H,26,27)/t17-,18?/m0/s1. The Morgan fingerprint density at radius 3 is 2.71 bits per heavy atom. The summed E-state index contributed by atoms with van der Waals surface area (Å²) < 4.78 is 11.1. The lowest BCUT2D eigenvalue weighted by Gasteiger charge is -2.27. The number of para-hydroxylation sites is 2. The molecular formula is C23H32N2O6. The lowest BCUT2D eigenvalue weighted by Crippen LogP contribution is -2.54. The van der Waals surface area contributed by atoms with E-state index < -0.39 is 36.5 Å². The van der Waals surface area contributed by atoms with Crippen molar-refractivity contribution in [3.8, 4) is 5.75 Å². The van der Waals surface area contributed by atoms with Gasteiger partial charge in [0.1, 0.15) is 31.0 Å². The molecule has 1 fully saturated rings. The molecule has 0 bridgehead atoms. The minimum absolute atomic E-state index is 0.00526. The van der Waals surface area contributed by atoms with Crippen molar-refractivity contribution in [2.75, 3.05) is 24.7 Å². The molecule has 1 aromatic carbocycles. The number of fused-ring (bicyclic) bond motifs is 1. The Labute approximate surface area is 182 Å². The Morgan fingerprint density at radius 1 is 1.26 bits per heavy atom. The molecule has 1 aromatic rings. The van der Waals surface area contributed by atoms with Crippen LogP contribution in [0, 0.1) is 5.92 Å². The highest BCUT2D eigenvalue weighted by Crippen LogP contribution is 2.31. The van der Waals surface area contributed by atoms with Crippen LogP contribution in [0.1, 0.15) is 51.9 Å². The summed E-state index contributed by atoms with van der Waals surface area (Å²) in [7, 11) is 0. The summed E-state index contributed by atoms with van der Waals surface area (Å²) in [6.07, 6.45) is 7.50. The number of hydrogen-bond acceptors (Lipinski definition) is 6. The third-order valence-electron chi connectivity index (χ3n) is 5.98. The van der Waals surface area contributed by atoms with Crippen LogP contribution in [-0.4, -0.2) is 54.8 Å². The van der Waals surface area contributed by atoms with E-state index in [0.717, 1.165) is 6.42 Å². The first-order chi connectivity index (χ1) is 15.0. The van der Waals surface area contributed by atoms with Gasteiger partial charge < -0.3 is 14.6 Å². The van der Waals surface area contributed by atoms with Crippen LogP contribution in [0.5, 0.6) is 5.75 Å². The number of aliphatic carboxylic acids is 1. The Morgan fingerprint density at radius 2 is 2.00 bits per heavy atom. The van der Waals surface area contributed by atoms with Crippen LogP contribution in [0.3, 0.4) is 0 Å². The monoisotopic (exact) mass is 432 g/mol. The predicted molar refractivity (Wildman–Crippen MR) is 115 cm³/mol. The number of carbonyl (C=O) groups excluding carboxylic acids is 2. The number of hydrogen-bond donors (Lipinski definition) is 2. The number of carbonyl (C=O) groups is 3. The summed E-state index contributed by atoms with van der Waals surface area (Å²) in [5.41, 5.74) is 0.411. The number of carboxylic acid groups (broad SMARTS) is 1. The van der Waals surface area contributed by atoms with E-state index in [-0.39, 0.29) is 13.2 Å². The van der Waals surface area contributed by atoms with Crippen molar-refractivity contribution < 1.29 is 29.0 Å². The summed E-state index contributed by atoms with van der Waals surface area (Å²) in [6, 6.07) is 5.35. The van der Waals surface area contributed by atoms with Gasteiger partial charge in [-0.3, -0.25) is 24.6 Å². The van der Waals surface area contributed by atoms with Crippen LogP contribution in [-0.2, 0) is 19.1 Å². The van der Waals surface area contributed by atoms with E-state index in [2.05, 4.69) is 5.32 Å². The molecule has 8 nitrogen and oxygen atoms in total.